The first-order valence-corrected chi connectivity index (χ1v) is 6.16. The van der Waals surface area contributed by atoms with Gasteiger partial charge in [0, 0.05) is 19.2 Å². The van der Waals surface area contributed by atoms with Gasteiger partial charge in [0.25, 0.3) is 0 Å². The number of nitrogens with one attached hydrogen (secondary N) is 1. The Morgan fingerprint density at radius 1 is 1.39 bits per heavy atom. The highest BCUT2D eigenvalue weighted by molar-refractivity contribution is 5.98. The Kier molecular flexibility index (Phi) is 3.36. The van der Waals surface area contributed by atoms with Crippen LogP contribution >= 0.6 is 0 Å². The van der Waals surface area contributed by atoms with Crippen LogP contribution in [0.4, 0.5) is 5.69 Å². The van der Waals surface area contributed by atoms with E-state index in [4.69, 9.17) is 0 Å². The van der Waals surface area contributed by atoms with E-state index in [0.29, 0.717) is 6.54 Å². The van der Waals surface area contributed by atoms with Gasteiger partial charge in [-0.2, -0.15) is 0 Å². The molecule has 0 spiro atoms. The van der Waals surface area contributed by atoms with Crippen molar-refractivity contribution in [3.05, 3.63) is 29.8 Å². The monoisotopic (exact) mass is 246 g/mol. The molecule has 2 amide bonds. The predicted molar refractivity (Wildman–Crippen MR) is 69.9 cm³/mol. The molecule has 4 heteroatoms. The summed E-state index contributed by atoms with van der Waals surface area (Å²) < 4.78 is 0. The van der Waals surface area contributed by atoms with Gasteiger partial charge in [-0.25, -0.2) is 0 Å². The lowest BCUT2D eigenvalue weighted by molar-refractivity contribution is -0.138. The van der Waals surface area contributed by atoms with Crippen molar-refractivity contribution in [1.82, 2.24) is 4.90 Å². The maximum atomic E-state index is 12.2. The highest BCUT2D eigenvalue weighted by Gasteiger charge is 2.33. The maximum Gasteiger partial charge on any atom is 0.247 e. The normalized spacial score (nSPS) is 19.2. The maximum absolute atomic E-state index is 12.2. The quantitative estimate of drug-likeness (QED) is 0.824. The third-order valence-corrected chi connectivity index (χ3v) is 3.26. The van der Waals surface area contributed by atoms with Crippen LogP contribution in [0.5, 0.6) is 0 Å². The number of fused-ring (bicyclic) bond motifs is 1. The van der Waals surface area contributed by atoms with Gasteiger partial charge in [0.1, 0.15) is 6.04 Å². The van der Waals surface area contributed by atoms with Crippen molar-refractivity contribution in [3.8, 4) is 0 Å². The molecule has 0 bridgehead atoms. The minimum Gasteiger partial charge on any atom is -0.326 e. The van der Waals surface area contributed by atoms with Crippen LogP contribution in [-0.4, -0.2) is 22.8 Å². The minimum atomic E-state index is -0.408. The molecule has 96 valence electrons. The number of rotatable bonds is 1. The van der Waals surface area contributed by atoms with Gasteiger partial charge in [-0.3, -0.25) is 9.59 Å². The minimum absolute atomic E-state index is 0.0689. The second kappa shape index (κ2) is 4.80. The van der Waals surface area contributed by atoms with E-state index in [0.717, 1.165) is 11.3 Å². The number of para-hydroxylation sites is 1. The van der Waals surface area contributed by atoms with Crippen molar-refractivity contribution in [2.75, 3.05) is 5.32 Å². The number of anilines is 1. The van der Waals surface area contributed by atoms with Crippen LogP contribution in [-0.2, 0) is 16.1 Å². The molecule has 0 fully saturated rings. The van der Waals surface area contributed by atoms with E-state index in [9.17, 15) is 9.59 Å². The number of hydrogen-bond acceptors (Lipinski definition) is 2. The SMILES string of the molecule is CC(=O)N1Cc2ccccc2NC(=O)[C@@H]1C(C)C. The second-order valence-electron chi connectivity index (χ2n) is 4.98. The Labute approximate surface area is 107 Å². The summed E-state index contributed by atoms with van der Waals surface area (Å²) in [5, 5.41) is 2.91. The smallest absolute Gasteiger partial charge is 0.247 e. The van der Waals surface area contributed by atoms with E-state index in [-0.39, 0.29) is 17.7 Å². The summed E-state index contributed by atoms with van der Waals surface area (Å²) in [5.74, 6) is -0.0890. The van der Waals surface area contributed by atoms with Crippen molar-refractivity contribution in [2.24, 2.45) is 5.92 Å². The number of carbonyl (C=O) groups is 2. The van der Waals surface area contributed by atoms with Crippen LogP contribution in [0.25, 0.3) is 0 Å². The average Bonchev–Trinajstić information content (AvgIpc) is 2.44. The molecule has 4 nitrogen and oxygen atoms in total. The van der Waals surface area contributed by atoms with Gasteiger partial charge in [-0.05, 0) is 17.5 Å². The molecule has 1 heterocycles. The molecule has 0 saturated carbocycles. The van der Waals surface area contributed by atoms with Gasteiger partial charge in [0.15, 0.2) is 0 Å². The first-order chi connectivity index (χ1) is 8.50. The van der Waals surface area contributed by atoms with Crippen molar-refractivity contribution in [3.63, 3.8) is 0 Å². The summed E-state index contributed by atoms with van der Waals surface area (Å²) in [5.41, 5.74) is 1.78. The van der Waals surface area contributed by atoms with Crippen molar-refractivity contribution in [1.29, 1.82) is 0 Å². The zero-order valence-corrected chi connectivity index (χ0v) is 10.9. The average molecular weight is 246 g/mol. The topological polar surface area (TPSA) is 49.4 Å². The molecule has 1 atom stereocenters. The summed E-state index contributed by atoms with van der Waals surface area (Å²) in [6, 6.07) is 7.20. The molecule has 1 aromatic carbocycles. The number of amides is 2. The molecule has 1 aliphatic heterocycles. The zero-order valence-electron chi connectivity index (χ0n) is 10.9. The summed E-state index contributed by atoms with van der Waals surface area (Å²) in [4.78, 5) is 25.6. The van der Waals surface area contributed by atoms with Crippen molar-refractivity contribution in [2.45, 2.75) is 33.4 Å². The van der Waals surface area contributed by atoms with E-state index in [2.05, 4.69) is 5.32 Å². The molecule has 0 unspecified atom stereocenters. The van der Waals surface area contributed by atoms with Crippen LogP contribution in [0.15, 0.2) is 24.3 Å². The van der Waals surface area contributed by atoms with Gasteiger partial charge in [0.05, 0.1) is 0 Å². The molecular weight excluding hydrogens is 228 g/mol. The Morgan fingerprint density at radius 2 is 2.06 bits per heavy atom. The molecular formula is C14H18N2O2. The van der Waals surface area contributed by atoms with E-state index in [1.807, 2.05) is 38.1 Å². The summed E-state index contributed by atoms with van der Waals surface area (Å²) in [6.07, 6.45) is 0. The molecule has 18 heavy (non-hydrogen) atoms. The summed E-state index contributed by atoms with van der Waals surface area (Å²) in [7, 11) is 0. The van der Waals surface area contributed by atoms with Crippen LogP contribution in [0.2, 0.25) is 0 Å². The standard InChI is InChI=1S/C14H18N2O2/c1-9(2)13-14(18)15-12-7-5-4-6-11(12)8-16(13)10(3)17/h4-7,9,13H,8H2,1-3H3,(H,15,18)/t13-/m0/s1. The second-order valence-corrected chi connectivity index (χ2v) is 4.98. The van der Waals surface area contributed by atoms with Gasteiger partial charge in [-0.15, -0.1) is 0 Å². The highest BCUT2D eigenvalue weighted by atomic mass is 16.2. The number of benzene rings is 1. The molecule has 1 aliphatic rings. The van der Waals surface area contributed by atoms with Crippen molar-refractivity contribution < 1.29 is 9.59 Å². The largest absolute Gasteiger partial charge is 0.326 e. The molecule has 0 aliphatic carbocycles. The predicted octanol–water partition coefficient (Wildman–Crippen LogP) is 2.01. The van der Waals surface area contributed by atoms with E-state index in [1.54, 1.807) is 4.90 Å². The molecule has 1 N–H and O–H groups in total. The molecule has 0 saturated heterocycles. The third-order valence-electron chi connectivity index (χ3n) is 3.26. The molecule has 0 radical (unpaired) electrons. The number of nitrogens with zero attached hydrogens (tertiary/aromatic N) is 1. The molecule has 0 aromatic heterocycles. The lowest BCUT2D eigenvalue weighted by atomic mass is 10.0. The summed E-state index contributed by atoms with van der Waals surface area (Å²) in [6.45, 7) is 5.90. The van der Waals surface area contributed by atoms with Crippen LogP contribution in [0.3, 0.4) is 0 Å². The number of hydrogen-bond donors (Lipinski definition) is 1. The first kappa shape index (κ1) is 12.6. The van der Waals surface area contributed by atoms with Crippen LogP contribution in [0, 0.1) is 5.92 Å². The molecule has 1 aromatic rings. The van der Waals surface area contributed by atoms with Crippen LogP contribution in [0.1, 0.15) is 26.3 Å². The fourth-order valence-corrected chi connectivity index (χ4v) is 2.38. The van der Waals surface area contributed by atoms with Gasteiger partial charge >= 0.3 is 0 Å². The zero-order chi connectivity index (χ0) is 13.3. The molecule has 2 rings (SSSR count). The fraction of sp³-hybridized carbons (Fsp3) is 0.429. The van der Waals surface area contributed by atoms with E-state index in [1.165, 1.54) is 6.92 Å². The highest BCUT2D eigenvalue weighted by Crippen LogP contribution is 2.25. The van der Waals surface area contributed by atoms with E-state index >= 15 is 0 Å². The Balaban J connectivity index is 2.44. The van der Waals surface area contributed by atoms with E-state index < -0.39 is 6.04 Å². The van der Waals surface area contributed by atoms with Crippen LogP contribution < -0.4 is 5.32 Å². The van der Waals surface area contributed by atoms with Gasteiger partial charge in [-0.1, -0.05) is 32.0 Å². The Morgan fingerprint density at radius 3 is 2.67 bits per heavy atom. The number of carbonyl (C=O) groups excluding carboxylic acids is 2. The van der Waals surface area contributed by atoms with Crippen molar-refractivity contribution >= 4 is 17.5 Å². The Hall–Kier alpha value is -1.84. The van der Waals surface area contributed by atoms with Gasteiger partial charge in [0.2, 0.25) is 11.8 Å². The van der Waals surface area contributed by atoms with Gasteiger partial charge < -0.3 is 10.2 Å². The lowest BCUT2D eigenvalue weighted by Crippen LogP contribution is -2.47. The Bertz CT molecular complexity index is 482. The lowest BCUT2D eigenvalue weighted by Gasteiger charge is -2.30. The summed E-state index contributed by atoms with van der Waals surface area (Å²) >= 11 is 0. The first-order valence-electron chi connectivity index (χ1n) is 6.16. The fourth-order valence-electron chi connectivity index (χ4n) is 2.38. The third kappa shape index (κ3) is 2.23.